The van der Waals surface area contributed by atoms with Gasteiger partial charge in [-0.25, -0.2) is 4.79 Å². The van der Waals surface area contributed by atoms with Crippen LogP contribution in [0, 0.1) is 0 Å². The Bertz CT molecular complexity index is 317. The Kier molecular flexibility index (Phi) is 2.74. The predicted molar refractivity (Wildman–Crippen MR) is 54.5 cm³/mol. The Morgan fingerprint density at radius 2 is 1.86 bits per heavy atom. The lowest BCUT2D eigenvalue weighted by atomic mass is 10.1. The first-order chi connectivity index (χ1) is 6.43. The summed E-state index contributed by atoms with van der Waals surface area (Å²) in [7, 11) is 0. The molecular weight excluding hydrogens is 180 g/mol. The van der Waals surface area contributed by atoms with Gasteiger partial charge in [-0.2, -0.15) is 0 Å². The van der Waals surface area contributed by atoms with E-state index in [9.17, 15) is 4.79 Å². The zero-order chi connectivity index (χ0) is 10.8. The SMILES string of the molecule is CC(C)(C)N(C(=O)O)c1ccncc1. The fourth-order valence-corrected chi connectivity index (χ4v) is 1.28. The summed E-state index contributed by atoms with van der Waals surface area (Å²) >= 11 is 0. The minimum absolute atomic E-state index is 0.451. The zero-order valence-corrected chi connectivity index (χ0v) is 8.56. The van der Waals surface area contributed by atoms with Gasteiger partial charge in [-0.3, -0.25) is 9.88 Å². The molecule has 1 aromatic heterocycles. The molecule has 0 atom stereocenters. The molecule has 1 amide bonds. The van der Waals surface area contributed by atoms with Gasteiger partial charge in [-0.1, -0.05) is 0 Å². The monoisotopic (exact) mass is 194 g/mol. The largest absolute Gasteiger partial charge is 0.465 e. The Hall–Kier alpha value is -1.58. The molecule has 14 heavy (non-hydrogen) atoms. The summed E-state index contributed by atoms with van der Waals surface area (Å²) in [5.41, 5.74) is 0.188. The molecule has 4 nitrogen and oxygen atoms in total. The maximum Gasteiger partial charge on any atom is 0.412 e. The van der Waals surface area contributed by atoms with E-state index in [1.54, 1.807) is 24.5 Å². The molecule has 0 unspecified atom stereocenters. The zero-order valence-electron chi connectivity index (χ0n) is 8.56. The average Bonchev–Trinajstić information content (AvgIpc) is 2.02. The van der Waals surface area contributed by atoms with Gasteiger partial charge >= 0.3 is 6.09 Å². The summed E-state index contributed by atoms with van der Waals surface area (Å²) in [4.78, 5) is 16.2. The van der Waals surface area contributed by atoms with E-state index in [0.29, 0.717) is 5.69 Å². The van der Waals surface area contributed by atoms with Crippen LogP contribution in [-0.2, 0) is 0 Å². The average molecular weight is 194 g/mol. The minimum atomic E-state index is -0.955. The number of anilines is 1. The number of rotatable bonds is 1. The Morgan fingerprint density at radius 3 is 2.21 bits per heavy atom. The van der Waals surface area contributed by atoms with E-state index in [4.69, 9.17) is 5.11 Å². The maximum absolute atomic E-state index is 11.1. The van der Waals surface area contributed by atoms with E-state index in [1.165, 1.54) is 4.90 Å². The molecule has 1 rings (SSSR count). The first-order valence-corrected chi connectivity index (χ1v) is 4.36. The highest BCUT2D eigenvalue weighted by atomic mass is 16.4. The first kappa shape index (κ1) is 10.5. The van der Waals surface area contributed by atoms with E-state index < -0.39 is 11.6 Å². The summed E-state index contributed by atoms with van der Waals surface area (Å²) in [6, 6.07) is 3.36. The van der Waals surface area contributed by atoms with Crippen molar-refractivity contribution >= 4 is 11.8 Å². The van der Waals surface area contributed by atoms with E-state index in [2.05, 4.69) is 4.98 Å². The maximum atomic E-state index is 11.1. The highest BCUT2D eigenvalue weighted by Crippen LogP contribution is 2.22. The van der Waals surface area contributed by atoms with Crippen LogP contribution in [0.25, 0.3) is 0 Å². The van der Waals surface area contributed by atoms with Gasteiger partial charge in [0, 0.05) is 17.9 Å². The van der Waals surface area contributed by atoms with Gasteiger partial charge in [0.05, 0.1) is 5.69 Å². The van der Waals surface area contributed by atoms with Crippen molar-refractivity contribution in [3.05, 3.63) is 24.5 Å². The lowest BCUT2D eigenvalue weighted by molar-refractivity contribution is 0.195. The number of nitrogens with zero attached hydrogens (tertiary/aromatic N) is 2. The molecule has 76 valence electrons. The topological polar surface area (TPSA) is 53.4 Å². The molecule has 0 bridgehead atoms. The molecule has 0 aliphatic heterocycles. The lowest BCUT2D eigenvalue weighted by Gasteiger charge is -2.32. The van der Waals surface area contributed by atoms with Crippen molar-refractivity contribution in [2.45, 2.75) is 26.3 Å². The van der Waals surface area contributed by atoms with Crippen LogP contribution < -0.4 is 4.90 Å². The summed E-state index contributed by atoms with van der Waals surface area (Å²) in [5, 5.41) is 9.07. The predicted octanol–water partition coefficient (Wildman–Crippen LogP) is 2.36. The van der Waals surface area contributed by atoms with Crippen molar-refractivity contribution in [1.82, 2.24) is 4.98 Å². The summed E-state index contributed by atoms with van der Waals surface area (Å²) in [6.07, 6.45) is 2.21. The Morgan fingerprint density at radius 1 is 1.36 bits per heavy atom. The third kappa shape index (κ3) is 2.22. The van der Waals surface area contributed by atoms with Gasteiger partial charge in [0.1, 0.15) is 0 Å². The van der Waals surface area contributed by atoms with Gasteiger partial charge in [0.15, 0.2) is 0 Å². The van der Waals surface area contributed by atoms with Gasteiger partial charge in [0.2, 0.25) is 0 Å². The molecule has 0 spiro atoms. The minimum Gasteiger partial charge on any atom is -0.465 e. The van der Waals surface area contributed by atoms with E-state index in [0.717, 1.165) is 0 Å². The molecule has 4 heteroatoms. The highest BCUT2D eigenvalue weighted by molar-refractivity contribution is 5.87. The first-order valence-electron chi connectivity index (χ1n) is 4.36. The van der Waals surface area contributed by atoms with Crippen LogP contribution in [0.3, 0.4) is 0 Å². The number of amides is 1. The second kappa shape index (κ2) is 3.65. The number of aromatic nitrogens is 1. The smallest absolute Gasteiger partial charge is 0.412 e. The third-order valence-electron chi connectivity index (χ3n) is 1.78. The molecule has 0 saturated heterocycles. The van der Waals surface area contributed by atoms with E-state index in [-0.39, 0.29) is 0 Å². The van der Waals surface area contributed by atoms with Gasteiger partial charge in [-0.05, 0) is 32.9 Å². The van der Waals surface area contributed by atoms with Crippen molar-refractivity contribution in [3.63, 3.8) is 0 Å². The molecule has 1 N–H and O–H groups in total. The second-order valence-corrected chi connectivity index (χ2v) is 3.99. The quantitative estimate of drug-likeness (QED) is 0.746. The molecule has 0 radical (unpaired) electrons. The summed E-state index contributed by atoms with van der Waals surface area (Å²) in [6.45, 7) is 5.55. The number of hydrogen-bond donors (Lipinski definition) is 1. The van der Waals surface area contributed by atoms with Crippen LogP contribution in [0.15, 0.2) is 24.5 Å². The number of carboxylic acid groups (broad SMARTS) is 1. The number of carbonyl (C=O) groups is 1. The van der Waals surface area contributed by atoms with Crippen LogP contribution in [-0.4, -0.2) is 21.7 Å². The van der Waals surface area contributed by atoms with Crippen LogP contribution in [0.5, 0.6) is 0 Å². The molecule has 0 saturated carbocycles. The second-order valence-electron chi connectivity index (χ2n) is 3.99. The molecule has 0 aliphatic carbocycles. The molecule has 0 aliphatic rings. The highest BCUT2D eigenvalue weighted by Gasteiger charge is 2.27. The molecule has 0 aromatic carbocycles. The molecule has 1 heterocycles. The fraction of sp³-hybridized carbons (Fsp3) is 0.400. The number of pyridine rings is 1. The van der Waals surface area contributed by atoms with Crippen molar-refractivity contribution in [2.24, 2.45) is 0 Å². The summed E-state index contributed by atoms with van der Waals surface area (Å²) in [5.74, 6) is 0. The van der Waals surface area contributed by atoms with Crippen LogP contribution in [0.4, 0.5) is 10.5 Å². The fourth-order valence-electron chi connectivity index (χ4n) is 1.28. The Balaban J connectivity index is 3.08. The van der Waals surface area contributed by atoms with Gasteiger partial charge in [-0.15, -0.1) is 0 Å². The summed E-state index contributed by atoms with van der Waals surface area (Å²) < 4.78 is 0. The van der Waals surface area contributed by atoms with Crippen molar-refractivity contribution in [2.75, 3.05) is 4.90 Å². The molecule has 0 fully saturated rings. The van der Waals surface area contributed by atoms with Crippen LogP contribution in [0.1, 0.15) is 20.8 Å². The van der Waals surface area contributed by atoms with Gasteiger partial charge in [0.25, 0.3) is 0 Å². The third-order valence-corrected chi connectivity index (χ3v) is 1.78. The van der Waals surface area contributed by atoms with Gasteiger partial charge < -0.3 is 5.11 Å². The molecule has 1 aromatic rings. The van der Waals surface area contributed by atoms with Crippen molar-refractivity contribution < 1.29 is 9.90 Å². The van der Waals surface area contributed by atoms with E-state index in [1.807, 2.05) is 20.8 Å². The van der Waals surface area contributed by atoms with Crippen molar-refractivity contribution in [1.29, 1.82) is 0 Å². The lowest BCUT2D eigenvalue weighted by Crippen LogP contribution is -2.45. The Labute approximate surface area is 83.2 Å². The standard InChI is InChI=1S/C10H14N2O2/c1-10(2,3)12(9(13)14)8-4-6-11-7-5-8/h4-7H,1-3H3,(H,13,14). The normalized spacial score (nSPS) is 11.1. The van der Waals surface area contributed by atoms with Crippen molar-refractivity contribution in [3.8, 4) is 0 Å². The van der Waals surface area contributed by atoms with Crippen LogP contribution in [0.2, 0.25) is 0 Å². The van der Waals surface area contributed by atoms with Crippen LogP contribution >= 0.6 is 0 Å². The molecular formula is C10H14N2O2. The number of hydrogen-bond acceptors (Lipinski definition) is 2. The van der Waals surface area contributed by atoms with E-state index >= 15 is 0 Å².